The average Bonchev–Trinajstić information content (AvgIpc) is 3.16. The zero-order chi connectivity index (χ0) is 14.6. The van der Waals surface area contributed by atoms with E-state index >= 15 is 0 Å². The van der Waals surface area contributed by atoms with Gasteiger partial charge in [-0.15, -0.1) is 0 Å². The molecule has 0 amide bonds. The molecule has 1 atom stereocenters. The minimum Gasteiger partial charge on any atom is -0.508 e. The summed E-state index contributed by atoms with van der Waals surface area (Å²) in [4.78, 5) is 2.42. The second-order valence-corrected chi connectivity index (χ2v) is 6.49. The van der Waals surface area contributed by atoms with Crippen LogP contribution in [0.3, 0.4) is 0 Å². The highest BCUT2D eigenvalue weighted by molar-refractivity contribution is 5.50. The number of nitrogens with zero attached hydrogens (tertiary/aromatic N) is 1. The van der Waals surface area contributed by atoms with E-state index in [4.69, 9.17) is 4.42 Å². The molecule has 0 saturated heterocycles. The molecular formula is C18H21NO2. The van der Waals surface area contributed by atoms with Gasteiger partial charge in [0.15, 0.2) is 0 Å². The third-order valence-electron chi connectivity index (χ3n) is 5.22. The number of likely N-dealkylation sites (N-methyl/N-ethyl adjacent to an activating group) is 1. The molecule has 1 fully saturated rings. The maximum Gasteiger partial charge on any atom is 0.128 e. The molecule has 110 valence electrons. The Morgan fingerprint density at radius 3 is 2.81 bits per heavy atom. The van der Waals surface area contributed by atoms with Crippen molar-refractivity contribution in [2.45, 2.75) is 31.7 Å². The summed E-state index contributed by atoms with van der Waals surface area (Å²) in [6.45, 7) is 2.99. The fourth-order valence-corrected chi connectivity index (χ4v) is 4.04. The van der Waals surface area contributed by atoms with Crippen molar-refractivity contribution in [1.29, 1.82) is 0 Å². The molecule has 21 heavy (non-hydrogen) atoms. The zero-order valence-electron chi connectivity index (χ0n) is 12.6. The molecular weight excluding hydrogens is 262 g/mol. The minimum absolute atomic E-state index is 0.206. The first kappa shape index (κ1) is 13.0. The molecule has 0 spiro atoms. The van der Waals surface area contributed by atoms with Crippen molar-refractivity contribution in [3.8, 4) is 5.75 Å². The van der Waals surface area contributed by atoms with Crippen LogP contribution in [0.25, 0.3) is 0 Å². The van der Waals surface area contributed by atoms with Crippen LogP contribution in [0.5, 0.6) is 5.75 Å². The van der Waals surface area contributed by atoms with Crippen molar-refractivity contribution in [2.75, 3.05) is 13.6 Å². The number of aryl methyl sites for hydroxylation is 1. The van der Waals surface area contributed by atoms with Gasteiger partial charge in [-0.1, -0.05) is 6.07 Å². The maximum absolute atomic E-state index is 10.2. The number of hydrogen-bond acceptors (Lipinski definition) is 3. The molecule has 2 aromatic rings. The number of hydrogen-bond donors (Lipinski definition) is 1. The van der Waals surface area contributed by atoms with Crippen LogP contribution in [0, 0.1) is 12.8 Å². The molecule has 2 heterocycles. The van der Waals surface area contributed by atoms with Gasteiger partial charge in [-0.25, -0.2) is 0 Å². The van der Waals surface area contributed by atoms with Gasteiger partial charge in [-0.05, 0) is 74.0 Å². The zero-order valence-corrected chi connectivity index (χ0v) is 12.6. The molecule has 2 aliphatic rings. The van der Waals surface area contributed by atoms with Crippen molar-refractivity contribution in [3.63, 3.8) is 0 Å². The van der Waals surface area contributed by atoms with E-state index in [-0.39, 0.29) is 5.54 Å². The first-order chi connectivity index (χ1) is 10.1. The Morgan fingerprint density at radius 2 is 2.14 bits per heavy atom. The Labute approximate surface area is 125 Å². The van der Waals surface area contributed by atoms with E-state index in [0.29, 0.717) is 11.7 Å². The van der Waals surface area contributed by atoms with Crippen LogP contribution in [-0.4, -0.2) is 23.6 Å². The molecule has 3 heteroatoms. The Hall–Kier alpha value is -1.74. The molecule has 1 N–H and O–H groups in total. The molecule has 1 aromatic carbocycles. The summed E-state index contributed by atoms with van der Waals surface area (Å²) in [6.07, 6.45) is 5.23. The summed E-state index contributed by atoms with van der Waals surface area (Å²) in [5.41, 5.74) is 3.34. The number of rotatable bonds is 2. The molecule has 4 rings (SSSR count). The highest BCUT2D eigenvalue weighted by Crippen LogP contribution is 2.55. The van der Waals surface area contributed by atoms with Crippen LogP contribution in [0.4, 0.5) is 0 Å². The molecule has 0 bridgehead atoms. The lowest BCUT2D eigenvalue weighted by Gasteiger charge is -2.46. The summed E-state index contributed by atoms with van der Waals surface area (Å²) in [7, 11) is 2.18. The van der Waals surface area contributed by atoms with Gasteiger partial charge in [-0.2, -0.15) is 0 Å². The predicted octanol–water partition coefficient (Wildman–Crippen LogP) is 3.44. The quantitative estimate of drug-likeness (QED) is 0.917. The van der Waals surface area contributed by atoms with E-state index in [1.807, 2.05) is 19.1 Å². The van der Waals surface area contributed by atoms with Gasteiger partial charge in [0.2, 0.25) is 0 Å². The van der Waals surface area contributed by atoms with E-state index in [1.54, 1.807) is 6.26 Å². The molecule has 1 aliphatic heterocycles. The van der Waals surface area contributed by atoms with Gasteiger partial charge >= 0.3 is 0 Å². The van der Waals surface area contributed by atoms with E-state index in [9.17, 15) is 5.11 Å². The smallest absolute Gasteiger partial charge is 0.128 e. The van der Waals surface area contributed by atoms with Crippen molar-refractivity contribution in [2.24, 2.45) is 5.92 Å². The van der Waals surface area contributed by atoms with Crippen LogP contribution in [0.1, 0.15) is 35.3 Å². The molecule has 3 nitrogen and oxygen atoms in total. The number of aromatic hydroxyl groups is 1. The van der Waals surface area contributed by atoms with Crippen LogP contribution >= 0.6 is 0 Å². The Balaban J connectivity index is 2.01. The second kappa shape index (κ2) is 4.38. The van der Waals surface area contributed by atoms with Gasteiger partial charge in [0.1, 0.15) is 17.0 Å². The maximum atomic E-state index is 10.2. The third kappa shape index (κ3) is 1.70. The molecule has 1 aliphatic carbocycles. The first-order valence-electron chi connectivity index (χ1n) is 7.72. The lowest BCUT2D eigenvalue weighted by molar-refractivity contribution is 0.0962. The molecule has 1 saturated carbocycles. The minimum atomic E-state index is -0.206. The predicted molar refractivity (Wildman–Crippen MR) is 81.4 cm³/mol. The van der Waals surface area contributed by atoms with E-state index in [0.717, 1.165) is 24.3 Å². The van der Waals surface area contributed by atoms with Crippen molar-refractivity contribution in [1.82, 2.24) is 4.90 Å². The fraction of sp³-hybridized carbons (Fsp3) is 0.444. The monoisotopic (exact) mass is 283 g/mol. The van der Waals surface area contributed by atoms with E-state index in [2.05, 4.69) is 24.1 Å². The van der Waals surface area contributed by atoms with Gasteiger partial charge in [0, 0.05) is 6.54 Å². The Morgan fingerprint density at radius 1 is 1.33 bits per heavy atom. The highest BCUT2D eigenvalue weighted by atomic mass is 16.3. The standard InChI is InChI=1S/C18H21NO2/c1-12-10-13-7-8-19(2)18(14-5-6-14,15(13)11-16(12)20)17-4-3-9-21-17/h3-4,9-11,14,20H,5-8H2,1-2H3. The number of benzene rings is 1. The average molecular weight is 283 g/mol. The molecule has 1 unspecified atom stereocenters. The third-order valence-corrected chi connectivity index (χ3v) is 5.22. The topological polar surface area (TPSA) is 36.6 Å². The normalized spacial score (nSPS) is 25.8. The van der Waals surface area contributed by atoms with Crippen LogP contribution in [0.2, 0.25) is 0 Å². The van der Waals surface area contributed by atoms with Crippen LogP contribution in [-0.2, 0) is 12.0 Å². The van der Waals surface area contributed by atoms with Gasteiger partial charge in [-0.3, -0.25) is 4.90 Å². The van der Waals surface area contributed by atoms with Crippen molar-refractivity contribution >= 4 is 0 Å². The summed E-state index contributed by atoms with van der Waals surface area (Å²) in [5.74, 6) is 1.98. The largest absolute Gasteiger partial charge is 0.508 e. The van der Waals surface area contributed by atoms with Crippen LogP contribution in [0.15, 0.2) is 34.9 Å². The summed E-state index contributed by atoms with van der Waals surface area (Å²) >= 11 is 0. The van der Waals surface area contributed by atoms with Gasteiger partial charge in [0.05, 0.1) is 6.26 Å². The van der Waals surface area contributed by atoms with Crippen molar-refractivity contribution in [3.05, 3.63) is 53.0 Å². The van der Waals surface area contributed by atoms with Crippen LogP contribution < -0.4 is 0 Å². The van der Waals surface area contributed by atoms with Gasteiger partial charge in [0.25, 0.3) is 0 Å². The number of phenols is 1. The van der Waals surface area contributed by atoms with Crippen molar-refractivity contribution < 1.29 is 9.52 Å². The van der Waals surface area contributed by atoms with E-state index in [1.165, 1.54) is 24.0 Å². The Bertz CT molecular complexity index is 673. The second-order valence-electron chi connectivity index (χ2n) is 6.49. The number of phenolic OH excluding ortho intramolecular Hbond substituents is 1. The first-order valence-corrected chi connectivity index (χ1v) is 7.72. The summed E-state index contributed by atoms with van der Waals surface area (Å²) in [6, 6.07) is 8.18. The molecule has 1 aromatic heterocycles. The molecule has 0 radical (unpaired) electrons. The summed E-state index contributed by atoms with van der Waals surface area (Å²) in [5, 5.41) is 10.2. The highest BCUT2D eigenvalue weighted by Gasteiger charge is 2.54. The summed E-state index contributed by atoms with van der Waals surface area (Å²) < 4.78 is 5.85. The fourth-order valence-electron chi connectivity index (χ4n) is 4.04. The lowest BCUT2D eigenvalue weighted by atomic mass is 9.75. The number of fused-ring (bicyclic) bond motifs is 1. The number of furan rings is 1. The SMILES string of the molecule is Cc1cc2c(cc1O)C(c1ccco1)(C1CC1)N(C)CC2. The Kier molecular flexibility index (Phi) is 2.70. The van der Waals surface area contributed by atoms with Gasteiger partial charge < -0.3 is 9.52 Å². The lowest BCUT2D eigenvalue weighted by Crippen LogP contribution is -2.50. The van der Waals surface area contributed by atoms with E-state index < -0.39 is 0 Å².